The van der Waals surface area contributed by atoms with Gasteiger partial charge in [0.25, 0.3) is 0 Å². The van der Waals surface area contributed by atoms with Crippen LogP contribution in [0.4, 0.5) is 12.9 Å². The van der Waals surface area contributed by atoms with Gasteiger partial charge in [-0.05, 0) is 31.4 Å². The maximum absolute atomic E-state index is 12.1. The summed E-state index contributed by atoms with van der Waals surface area (Å²) < 4.78 is 36.2. The van der Waals surface area contributed by atoms with E-state index in [4.69, 9.17) is 5.73 Å². The Hall–Kier alpha value is -0.225. The molecule has 0 saturated carbocycles. The van der Waals surface area contributed by atoms with Crippen LogP contribution in [0, 0.1) is 5.41 Å². The van der Waals surface area contributed by atoms with Gasteiger partial charge in [-0.15, -0.1) is 0 Å². The molecule has 2 nitrogen and oxygen atoms in total. The zero-order valence-electron chi connectivity index (χ0n) is 7.77. The second-order valence-corrected chi connectivity index (χ2v) is 4.21. The Morgan fingerprint density at radius 1 is 1.46 bits per heavy atom. The van der Waals surface area contributed by atoms with Crippen molar-refractivity contribution in [1.82, 2.24) is 4.90 Å². The highest BCUT2D eigenvalue weighted by atomic mass is 19.4. The Morgan fingerprint density at radius 3 is 2.46 bits per heavy atom. The molecule has 6 heteroatoms. The third-order valence-electron chi connectivity index (χ3n) is 2.59. The molecule has 1 fully saturated rings. The van der Waals surface area contributed by atoms with Gasteiger partial charge in [-0.1, -0.05) is 6.92 Å². The maximum Gasteiger partial charge on any atom is 0.492 e. The molecule has 2 N–H and O–H groups in total. The van der Waals surface area contributed by atoms with Gasteiger partial charge in [0.1, 0.15) is 0 Å². The van der Waals surface area contributed by atoms with Crippen molar-refractivity contribution in [2.24, 2.45) is 11.1 Å². The van der Waals surface area contributed by atoms with Gasteiger partial charge in [-0.25, -0.2) is 0 Å². The summed E-state index contributed by atoms with van der Waals surface area (Å²) in [6, 6.07) is 0. The van der Waals surface area contributed by atoms with E-state index in [1.165, 1.54) is 4.90 Å². The van der Waals surface area contributed by atoms with E-state index in [1.54, 1.807) is 0 Å². The van der Waals surface area contributed by atoms with Gasteiger partial charge in [0, 0.05) is 6.54 Å². The molecule has 0 aromatic carbocycles. The van der Waals surface area contributed by atoms with Crippen LogP contribution in [0.1, 0.15) is 13.3 Å². The molecule has 0 bridgehead atoms. The van der Waals surface area contributed by atoms with Gasteiger partial charge >= 0.3 is 6.98 Å². The van der Waals surface area contributed by atoms with Crippen LogP contribution in [0.5, 0.6) is 0 Å². The van der Waals surface area contributed by atoms with Gasteiger partial charge in [-0.3, -0.25) is 0 Å². The average molecular weight is 195 g/mol. The lowest BCUT2D eigenvalue weighted by Crippen LogP contribution is -2.39. The van der Waals surface area contributed by atoms with Crippen LogP contribution in [0.3, 0.4) is 0 Å². The first-order valence-electron chi connectivity index (χ1n) is 4.48. The smallest absolute Gasteiger partial charge is 0.448 e. The predicted molar refractivity (Wildman–Crippen MR) is 47.3 cm³/mol. The second-order valence-electron chi connectivity index (χ2n) is 4.21. The summed E-state index contributed by atoms with van der Waals surface area (Å²) in [4.78, 5) is 1.45. The standard InChI is InChI=1S/C7H15BF3N2/c1-7(4-12)2-3-13(5-7)6-8(9,10)11/h2-6,12H2,1H3/q-1. The Morgan fingerprint density at radius 2 is 2.08 bits per heavy atom. The lowest BCUT2D eigenvalue weighted by atomic mass is 9.89. The minimum atomic E-state index is -4.68. The Balaban J connectivity index is 2.42. The molecule has 13 heavy (non-hydrogen) atoms. The molecule has 0 spiro atoms. The summed E-state index contributed by atoms with van der Waals surface area (Å²) in [7, 11) is 0. The first kappa shape index (κ1) is 10.9. The van der Waals surface area contributed by atoms with Crippen LogP contribution >= 0.6 is 0 Å². The van der Waals surface area contributed by atoms with E-state index >= 15 is 0 Å². The molecule has 0 aromatic heterocycles. The van der Waals surface area contributed by atoms with Crippen molar-refractivity contribution in [2.75, 3.05) is 26.1 Å². The summed E-state index contributed by atoms with van der Waals surface area (Å²) in [5.74, 6) is 0. The third kappa shape index (κ3) is 3.19. The highest BCUT2D eigenvalue weighted by molar-refractivity contribution is 6.58. The number of nitrogens with two attached hydrogens (primary N) is 1. The van der Waals surface area contributed by atoms with E-state index in [0.29, 0.717) is 19.6 Å². The summed E-state index contributed by atoms with van der Waals surface area (Å²) >= 11 is 0. The van der Waals surface area contributed by atoms with Crippen LogP contribution in [0.25, 0.3) is 0 Å². The minimum absolute atomic E-state index is 0.110. The number of hydrogen-bond donors (Lipinski definition) is 1. The quantitative estimate of drug-likeness (QED) is 0.681. The van der Waals surface area contributed by atoms with E-state index in [0.717, 1.165) is 6.42 Å². The Bertz CT molecular complexity index is 185. The van der Waals surface area contributed by atoms with Crippen molar-refractivity contribution in [3.05, 3.63) is 0 Å². The van der Waals surface area contributed by atoms with E-state index in [-0.39, 0.29) is 5.41 Å². The molecule has 1 atom stereocenters. The highest BCUT2D eigenvalue weighted by Crippen LogP contribution is 2.29. The van der Waals surface area contributed by atoms with Gasteiger partial charge in [0.15, 0.2) is 0 Å². The van der Waals surface area contributed by atoms with Gasteiger partial charge < -0.3 is 23.6 Å². The Labute approximate surface area is 76.3 Å². The molecule has 1 rings (SSSR count). The summed E-state index contributed by atoms with van der Waals surface area (Å²) in [5, 5.41) is 0. The largest absolute Gasteiger partial charge is 0.492 e. The zero-order chi connectivity index (χ0) is 10.1. The van der Waals surface area contributed by atoms with E-state index < -0.39 is 13.4 Å². The van der Waals surface area contributed by atoms with Crippen molar-refractivity contribution in [3.63, 3.8) is 0 Å². The molecule has 78 valence electrons. The normalized spacial score (nSPS) is 31.2. The lowest BCUT2D eigenvalue weighted by molar-refractivity contribution is 0.283. The minimum Gasteiger partial charge on any atom is -0.448 e. The summed E-state index contributed by atoms with van der Waals surface area (Å²) in [6.45, 7) is -1.27. The number of hydrogen-bond acceptors (Lipinski definition) is 2. The van der Waals surface area contributed by atoms with Gasteiger partial charge in [0.2, 0.25) is 0 Å². The molecule has 0 amide bonds. The topological polar surface area (TPSA) is 29.3 Å². The molecular weight excluding hydrogens is 180 g/mol. The zero-order valence-corrected chi connectivity index (χ0v) is 7.77. The van der Waals surface area contributed by atoms with Crippen molar-refractivity contribution in [3.8, 4) is 0 Å². The molecule has 0 aromatic rings. The first-order chi connectivity index (χ1) is 5.85. The third-order valence-corrected chi connectivity index (χ3v) is 2.59. The molecule has 0 aliphatic carbocycles. The van der Waals surface area contributed by atoms with Gasteiger partial charge in [0.05, 0.1) is 0 Å². The Kier molecular flexibility index (Phi) is 2.92. The molecule has 1 aliphatic heterocycles. The van der Waals surface area contributed by atoms with E-state index in [1.807, 2.05) is 6.92 Å². The highest BCUT2D eigenvalue weighted by Gasteiger charge is 2.36. The fraction of sp³-hybridized carbons (Fsp3) is 1.00. The van der Waals surface area contributed by atoms with Crippen LogP contribution in [0.15, 0.2) is 0 Å². The molecular formula is C7H15BF3N2-. The molecule has 1 unspecified atom stereocenters. The number of likely N-dealkylation sites (tertiary alicyclic amines) is 1. The van der Waals surface area contributed by atoms with Crippen molar-refractivity contribution in [2.45, 2.75) is 13.3 Å². The second kappa shape index (κ2) is 3.50. The maximum atomic E-state index is 12.1. The predicted octanol–water partition coefficient (Wildman–Crippen LogP) is 1.04. The van der Waals surface area contributed by atoms with Crippen molar-refractivity contribution >= 4 is 6.98 Å². The molecule has 1 aliphatic rings. The van der Waals surface area contributed by atoms with Crippen LogP contribution < -0.4 is 5.73 Å². The molecule has 1 saturated heterocycles. The SMILES string of the molecule is CC1(CN)CCN(C[B-](F)(F)F)C1. The van der Waals surface area contributed by atoms with Crippen LogP contribution in [0.2, 0.25) is 0 Å². The summed E-state index contributed by atoms with van der Waals surface area (Å²) in [6.07, 6.45) is 0.0330. The monoisotopic (exact) mass is 195 g/mol. The fourth-order valence-corrected chi connectivity index (χ4v) is 1.74. The van der Waals surface area contributed by atoms with Crippen LogP contribution in [-0.4, -0.2) is 38.0 Å². The molecule has 1 heterocycles. The lowest BCUT2D eigenvalue weighted by Gasteiger charge is -2.26. The molecule has 0 radical (unpaired) electrons. The average Bonchev–Trinajstić information content (AvgIpc) is 2.30. The van der Waals surface area contributed by atoms with Gasteiger partial charge in [-0.2, -0.15) is 0 Å². The van der Waals surface area contributed by atoms with Crippen LogP contribution in [-0.2, 0) is 0 Å². The number of rotatable bonds is 3. The first-order valence-corrected chi connectivity index (χ1v) is 4.48. The van der Waals surface area contributed by atoms with Crippen molar-refractivity contribution < 1.29 is 12.9 Å². The van der Waals surface area contributed by atoms with E-state index in [9.17, 15) is 12.9 Å². The van der Waals surface area contributed by atoms with E-state index in [2.05, 4.69) is 0 Å². The van der Waals surface area contributed by atoms with Crippen molar-refractivity contribution in [1.29, 1.82) is 0 Å². The number of halogens is 3. The fourth-order valence-electron chi connectivity index (χ4n) is 1.74. The number of nitrogens with zero attached hydrogens (tertiary/aromatic N) is 1. The summed E-state index contributed by atoms with van der Waals surface area (Å²) in [5.41, 5.74) is 5.38.